The van der Waals surface area contributed by atoms with Gasteiger partial charge in [-0.05, 0) is 19.9 Å². The first-order valence-corrected chi connectivity index (χ1v) is 7.32. The molecule has 0 radical (unpaired) electrons. The number of halogens is 2. The maximum absolute atomic E-state index is 14.1. The highest BCUT2D eigenvalue weighted by Gasteiger charge is 2.31. The minimum absolute atomic E-state index is 0.00139. The van der Waals surface area contributed by atoms with E-state index in [1.54, 1.807) is 0 Å². The molecule has 1 aliphatic heterocycles. The van der Waals surface area contributed by atoms with Gasteiger partial charge in [-0.2, -0.15) is 0 Å². The van der Waals surface area contributed by atoms with E-state index in [1.165, 1.54) is 26.1 Å². The number of alkyl halides is 2. The lowest BCUT2D eigenvalue weighted by Crippen LogP contribution is -2.35. The van der Waals surface area contributed by atoms with Crippen LogP contribution in [0.5, 0.6) is 0 Å². The molecule has 1 aromatic heterocycles. The first-order valence-electron chi connectivity index (χ1n) is 7.32. The van der Waals surface area contributed by atoms with Crippen LogP contribution >= 0.6 is 0 Å². The largest absolute Gasteiger partial charge is 0.387 e. The van der Waals surface area contributed by atoms with Gasteiger partial charge in [-0.1, -0.05) is 0 Å². The van der Waals surface area contributed by atoms with Crippen LogP contribution in [0.15, 0.2) is 12.3 Å². The van der Waals surface area contributed by atoms with E-state index >= 15 is 0 Å². The molecular weight excluding hydrogens is 308 g/mol. The zero-order chi connectivity index (χ0) is 17.2. The molecule has 0 saturated carbocycles. The summed E-state index contributed by atoms with van der Waals surface area (Å²) in [6.07, 6.45) is -1.74. The quantitative estimate of drug-likeness (QED) is 0.723. The SMILES string of the molecule is CC(C)(O)[C@H](F)Cc1nccc(N[C@@H]2COC[C@H]2F)c1C(N)=O. The molecule has 6 nitrogen and oxygen atoms in total. The Morgan fingerprint density at radius 3 is 2.83 bits per heavy atom. The van der Waals surface area contributed by atoms with Crippen molar-refractivity contribution in [3.63, 3.8) is 0 Å². The summed E-state index contributed by atoms with van der Waals surface area (Å²) in [7, 11) is 0. The Morgan fingerprint density at radius 1 is 1.61 bits per heavy atom. The molecule has 23 heavy (non-hydrogen) atoms. The van der Waals surface area contributed by atoms with Gasteiger partial charge in [0.1, 0.15) is 12.3 Å². The van der Waals surface area contributed by atoms with E-state index in [0.717, 1.165) is 0 Å². The number of nitrogens with one attached hydrogen (secondary N) is 1. The maximum Gasteiger partial charge on any atom is 0.252 e. The van der Waals surface area contributed by atoms with Crippen LogP contribution in [0.25, 0.3) is 0 Å². The van der Waals surface area contributed by atoms with Gasteiger partial charge in [0.15, 0.2) is 0 Å². The Morgan fingerprint density at radius 2 is 2.30 bits per heavy atom. The summed E-state index contributed by atoms with van der Waals surface area (Å²) >= 11 is 0. The number of pyridine rings is 1. The molecule has 1 saturated heterocycles. The lowest BCUT2D eigenvalue weighted by molar-refractivity contribution is -0.00307. The van der Waals surface area contributed by atoms with Gasteiger partial charge in [-0.25, -0.2) is 8.78 Å². The normalized spacial score (nSPS) is 22.8. The molecule has 2 rings (SSSR count). The van der Waals surface area contributed by atoms with Crippen molar-refractivity contribution < 1.29 is 23.4 Å². The molecular formula is C15H21F2N3O3. The average Bonchev–Trinajstić information content (AvgIpc) is 2.83. The van der Waals surface area contributed by atoms with Crippen molar-refractivity contribution in [3.8, 4) is 0 Å². The third-order valence-electron chi connectivity index (χ3n) is 3.77. The van der Waals surface area contributed by atoms with Gasteiger partial charge in [-0.15, -0.1) is 0 Å². The van der Waals surface area contributed by atoms with Crippen molar-refractivity contribution in [3.05, 3.63) is 23.5 Å². The Bertz CT molecular complexity index is 555. The van der Waals surface area contributed by atoms with E-state index < -0.39 is 29.9 Å². The van der Waals surface area contributed by atoms with Gasteiger partial charge in [0.2, 0.25) is 0 Å². The summed E-state index contributed by atoms with van der Waals surface area (Å²) in [6, 6.07) is 0.866. The van der Waals surface area contributed by atoms with Crippen LogP contribution in [0.3, 0.4) is 0 Å². The monoisotopic (exact) mass is 329 g/mol. The predicted octanol–water partition coefficient (Wildman–Crippen LogP) is 0.981. The number of carbonyl (C=O) groups excluding carboxylic acids is 1. The molecule has 0 spiro atoms. The lowest BCUT2D eigenvalue weighted by Gasteiger charge is -2.23. The van der Waals surface area contributed by atoms with Gasteiger partial charge >= 0.3 is 0 Å². The molecule has 1 aromatic rings. The highest BCUT2D eigenvalue weighted by molar-refractivity contribution is 5.99. The number of primary amides is 1. The van der Waals surface area contributed by atoms with E-state index in [4.69, 9.17) is 10.5 Å². The molecule has 4 N–H and O–H groups in total. The highest BCUT2D eigenvalue weighted by Crippen LogP contribution is 2.25. The minimum Gasteiger partial charge on any atom is -0.387 e. The first-order chi connectivity index (χ1) is 10.7. The summed E-state index contributed by atoms with van der Waals surface area (Å²) in [6.45, 7) is 2.79. The topological polar surface area (TPSA) is 97.5 Å². The van der Waals surface area contributed by atoms with Crippen LogP contribution in [0, 0.1) is 0 Å². The molecule has 8 heteroatoms. The number of hydrogen-bond acceptors (Lipinski definition) is 5. The summed E-state index contributed by atoms with van der Waals surface area (Å²) in [4.78, 5) is 15.8. The molecule has 2 heterocycles. The molecule has 128 valence electrons. The number of ether oxygens (including phenoxy) is 1. The van der Waals surface area contributed by atoms with E-state index in [2.05, 4.69) is 10.3 Å². The third-order valence-corrected chi connectivity index (χ3v) is 3.77. The van der Waals surface area contributed by atoms with Crippen LogP contribution in [-0.2, 0) is 11.2 Å². The van der Waals surface area contributed by atoms with Gasteiger partial charge in [0, 0.05) is 12.6 Å². The van der Waals surface area contributed by atoms with Crippen LogP contribution < -0.4 is 11.1 Å². The summed E-state index contributed by atoms with van der Waals surface area (Å²) < 4.78 is 32.8. The number of anilines is 1. The molecule has 1 fully saturated rings. The predicted molar refractivity (Wildman–Crippen MR) is 80.8 cm³/mol. The molecule has 0 aliphatic carbocycles. The number of rotatable bonds is 6. The fourth-order valence-electron chi connectivity index (χ4n) is 2.33. The molecule has 0 aromatic carbocycles. The van der Waals surface area contributed by atoms with Gasteiger partial charge < -0.3 is 20.9 Å². The molecule has 0 unspecified atom stereocenters. The summed E-state index contributed by atoms with van der Waals surface area (Å²) in [5.41, 5.74) is 4.20. The zero-order valence-corrected chi connectivity index (χ0v) is 13.1. The van der Waals surface area contributed by atoms with Crippen LogP contribution in [-0.4, -0.2) is 53.2 Å². The van der Waals surface area contributed by atoms with Crippen molar-refractivity contribution in [2.45, 2.75) is 44.3 Å². The summed E-state index contributed by atoms with van der Waals surface area (Å²) in [5, 5.41) is 12.6. The van der Waals surface area contributed by atoms with Crippen molar-refractivity contribution in [2.75, 3.05) is 18.5 Å². The number of aliphatic hydroxyl groups is 1. The van der Waals surface area contributed by atoms with E-state index in [1.807, 2.05) is 0 Å². The second-order valence-corrected chi connectivity index (χ2v) is 6.17. The fraction of sp³-hybridized carbons (Fsp3) is 0.600. The highest BCUT2D eigenvalue weighted by atomic mass is 19.1. The van der Waals surface area contributed by atoms with Crippen LogP contribution in [0.2, 0.25) is 0 Å². The number of nitrogens with two attached hydrogens (primary N) is 1. The Labute approximate surface area is 133 Å². The number of nitrogens with zero attached hydrogens (tertiary/aromatic N) is 1. The standard InChI is InChI=1S/C15H21F2N3O3/c1-15(2,22)12(17)5-10-13(14(18)21)9(3-4-19-10)20-11-7-23-6-8(11)16/h3-4,8,11-12,22H,5-7H2,1-2H3,(H2,18,21)(H,19,20)/t8-,11-,12-/m1/s1. The molecule has 1 amide bonds. The fourth-order valence-corrected chi connectivity index (χ4v) is 2.33. The second-order valence-electron chi connectivity index (χ2n) is 6.17. The van der Waals surface area contributed by atoms with Gasteiger partial charge in [-0.3, -0.25) is 9.78 Å². The Kier molecular flexibility index (Phi) is 5.16. The molecule has 3 atom stereocenters. The minimum atomic E-state index is -1.63. The van der Waals surface area contributed by atoms with Crippen molar-refractivity contribution >= 4 is 11.6 Å². The first kappa shape index (κ1) is 17.6. The zero-order valence-electron chi connectivity index (χ0n) is 13.1. The Hall–Kier alpha value is -1.80. The van der Waals surface area contributed by atoms with E-state index in [-0.39, 0.29) is 36.6 Å². The lowest BCUT2D eigenvalue weighted by atomic mass is 9.96. The van der Waals surface area contributed by atoms with Crippen molar-refractivity contribution in [1.29, 1.82) is 0 Å². The Balaban J connectivity index is 2.29. The van der Waals surface area contributed by atoms with Crippen LogP contribution in [0.4, 0.5) is 14.5 Å². The molecule has 0 bridgehead atoms. The van der Waals surface area contributed by atoms with Gasteiger partial charge in [0.25, 0.3) is 5.91 Å². The summed E-state index contributed by atoms with van der Waals surface area (Å²) in [5.74, 6) is -0.798. The third kappa shape index (κ3) is 4.14. The van der Waals surface area contributed by atoms with E-state index in [0.29, 0.717) is 0 Å². The molecule has 1 aliphatic rings. The van der Waals surface area contributed by atoms with Crippen molar-refractivity contribution in [2.24, 2.45) is 5.73 Å². The van der Waals surface area contributed by atoms with E-state index in [9.17, 15) is 18.7 Å². The van der Waals surface area contributed by atoms with Gasteiger partial charge in [0.05, 0.1) is 41.8 Å². The number of carbonyl (C=O) groups is 1. The second kappa shape index (κ2) is 6.76. The number of hydrogen-bond donors (Lipinski definition) is 3. The average molecular weight is 329 g/mol. The number of amides is 1. The number of aromatic nitrogens is 1. The van der Waals surface area contributed by atoms with Crippen LogP contribution in [0.1, 0.15) is 29.9 Å². The maximum atomic E-state index is 14.1. The smallest absolute Gasteiger partial charge is 0.252 e. The van der Waals surface area contributed by atoms with Crippen molar-refractivity contribution in [1.82, 2.24) is 4.98 Å².